The maximum absolute atomic E-state index is 12.3. The van der Waals surface area contributed by atoms with E-state index < -0.39 is 0 Å². The molecule has 0 atom stereocenters. The van der Waals surface area contributed by atoms with Crippen LogP contribution in [0.15, 0.2) is 24.4 Å². The molecule has 20 heavy (non-hydrogen) atoms. The van der Waals surface area contributed by atoms with Gasteiger partial charge >= 0.3 is 0 Å². The Morgan fingerprint density at radius 1 is 1.45 bits per heavy atom. The van der Waals surface area contributed by atoms with Gasteiger partial charge in [-0.05, 0) is 24.6 Å². The molecule has 1 aromatic carbocycles. The summed E-state index contributed by atoms with van der Waals surface area (Å²) < 4.78 is 1.49. The van der Waals surface area contributed by atoms with Crippen molar-refractivity contribution >= 4 is 40.5 Å². The van der Waals surface area contributed by atoms with Crippen LogP contribution in [-0.2, 0) is 7.05 Å². The van der Waals surface area contributed by atoms with Gasteiger partial charge in [-0.25, -0.2) is 0 Å². The summed E-state index contributed by atoms with van der Waals surface area (Å²) in [6.45, 7) is 1.90. The third-order valence-corrected chi connectivity index (χ3v) is 3.34. The molecule has 0 unspecified atom stereocenters. The minimum Gasteiger partial charge on any atom is -0.389 e. The average Bonchev–Trinajstić information content (AvgIpc) is 2.71. The molecule has 0 saturated carbocycles. The highest BCUT2D eigenvalue weighted by molar-refractivity contribution is 7.80. The molecule has 7 heteroatoms. The van der Waals surface area contributed by atoms with Crippen LogP contribution in [0.1, 0.15) is 21.5 Å². The van der Waals surface area contributed by atoms with Crippen molar-refractivity contribution in [1.82, 2.24) is 9.78 Å². The van der Waals surface area contributed by atoms with Gasteiger partial charge in [0, 0.05) is 7.05 Å². The lowest BCUT2D eigenvalue weighted by Crippen LogP contribution is -2.19. The molecule has 1 aromatic heterocycles. The third kappa shape index (κ3) is 2.81. The maximum atomic E-state index is 12.3. The molecule has 1 amide bonds. The molecular weight excluding hydrogens is 296 g/mol. The Balaban J connectivity index is 2.33. The second-order valence-corrected chi connectivity index (χ2v) is 5.18. The van der Waals surface area contributed by atoms with Gasteiger partial charge in [-0.2, -0.15) is 5.10 Å². The van der Waals surface area contributed by atoms with Crippen LogP contribution in [0.2, 0.25) is 5.02 Å². The van der Waals surface area contributed by atoms with Crippen LogP contribution in [0.5, 0.6) is 0 Å². The van der Waals surface area contributed by atoms with Gasteiger partial charge in [-0.15, -0.1) is 0 Å². The molecule has 5 nitrogen and oxygen atoms in total. The number of nitrogens with one attached hydrogen (secondary N) is 1. The number of benzene rings is 1. The SMILES string of the molecule is Cc1ccc(C(=O)Nc2c(C(N)=S)cnn2C)c(Cl)c1. The van der Waals surface area contributed by atoms with Crippen molar-refractivity contribution in [3.8, 4) is 0 Å². The largest absolute Gasteiger partial charge is 0.389 e. The van der Waals surface area contributed by atoms with Crippen molar-refractivity contribution in [2.45, 2.75) is 6.92 Å². The number of hydrogen-bond donors (Lipinski definition) is 2. The average molecular weight is 309 g/mol. The molecule has 2 rings (SSSR count). The molecule has 1 heterocycles. The number of aromatic nitrogens is 2. The van der Waals surface area contributed by atoms with Crippen LogP contribution in [0, 0.1) is 6.92 Å². The van der Waals surface area contributed by atoms with E-state index in [-0.39, 0.29) is 10.9 Å². The number of hydrogen-bond acceptors (Lipinski definition) is 3. The quantitative estimate of drug-likeness (QED) is 0.853. The van der Waals surface area contributed by atoms with Gasteiger partial charge in [-0.1, -0.05) is 29.9 Å². The maximum Gasteiger partial charge on any atom is 0.258 e. The van der Waals surface area contributed by atoms with Gasteiger partial charge in [-0.3, -0.25) is 9.48 Å². The second-order valence-electron chi connectivity index (χ2n) is 4.33. The molecule has 0 radical (unpaired) electrons. The number of carbonyl (C=O) groups is 1. The van der Waals surface area contributed by atoms with Gasteiger partial charge < -0.3 is 11.1 Å². The fourth-order valence-corrected chi connectivity index (χ4v) is 2.22. The summed E-state index contributed by atoms with van der Waals surface area (Å²) in [7, 11) is 1.69. The molecule has 0 aliphatic heterocycles. The van der Waals surface area contributed by atoms with Crippen LogP contribution in [-0.4, -0.2) is 20.7 Å². The fourth-order valence-electron chi connectivity index (χ4n) is 1.75. The van der Waals surface area contributed by atoms with E-state index in [1.54, 1.807) is 19.2 Å². The number of aryl methyl sites for hydroxylation is 2. The van der Waals surface area contributed by atoms with Crippen molar-refractivity contribution in [1.29, 1.82) is 0 Å². The van der Waals surface area contributed by atoms with E-state index in [0.29, 0.717) is 22.0 Å². The number of rotatable bonds is 3. The van der Waals surface area contributed by atoms with Crippen LogP contribution >= 0.6 is 23.8 Å². The number of halogens is 1. The summed E-state index contributed by atoms with van der Waals surface area (Å²) >= 11 is 11.0. The first kappa shape index (κ1) is 14.5. The van der Waals surface area contributed by atoms with E-state index in [9.17, 15) is 4.79 Å². The topological polar surface area (TPSA) is 72.9 Å². The van der Waals surface area contributed by atoms with Gasteiger partial charge in [0.1, 0.15) is 10.8 Å². The lowest BCUT2D eigenvalue weighted by atomic mass is 10.1. The molecule has 0 bridgehead atoms. The van der Waals surface area contributed by atoms with Crippen LogP contribution < -0.4 is 11.1 Å². The first-order valence-electron chi connectivity index (χ1n) is 5.79. The lowest BCUT2D eigenvalue weighted by Gasteiger charge is -2.09. The van der Waals surface area contributed by atoms with Crippen LogP contribution in [0.4, 0.5) is 5.82 Å². The molecule has 0 aliphatic carbocycles. The summed E-state index contributed by atoms with van der Waals surface area (Å²) in [5, 5.41) is 7.14. The Bertz CT molecular complexity index is 696. The molecule has 0 aliphatic rings. The highest BCUT2D eigenvalue weighted by Crippen LogP contribution is 2.20. The Morgan fingerprint density at radius 2 is 2.15 bits per heavy atom. The van der Waals surface area contributed by atoms with E-state index in [2.05, 4.69) is 10.4 Å². The first-order valence-corrected chi connectivity index (χ1v) is 6.58. The monoisotopic (exact) mass is 308 g/mol. The van der Waals surface area contributed by atoms with Crippen molar-refractivity contribution in [3.63, 3.8) is 0 Å². The van der Waals surface area contributed by atoms with Gasteiger partial charge in [0.25, 0.3) is 5.91 Å². The highest BCUT2D eigenvalue weighted by atomic mass is 35.5. The molecule has 0 fully saturated rings. The number of nitrogens with two attached hydrogens (primary N) is 1. The summed E-state index contributed by atoms with van der Waals surface area (Å²) in [6, 6.07) is 5.22. The number of nitrogens with zero attached hydrogens (tertiary/aromatic N) is 2. The van der Waals surface area contributed by atoms with Crippen molar-refractivity contribution < 1.29 is 4.79 Å². The fraction of sp³-hybridized carbons (Fsp3) is 0.154. The number of anilines is 1. The second kappa shape index (κ2) is 5.60. The number of thiocarbonyl (C=S) groups is 1. The normalized spacial score (nSPS) is 10.3. The molecule has 0 spiro atoms. The zero-order chi connectivity index (χ0) is 14.9. The Morgan fingerprint density at radius 3 is 2.75 bits per heavy atom. The predicted octanol–water partition coefficient (Wildman–Crippen LogP) is 2.27. The van der Waals surface area contributed by atoms with E-state index in [4.69, 9.17) is 29.6 Å². The zero-order valence-electron chi connectivity index (χ0n) is 11.0. The van der Waals surface area contributed by atoms with Crippen LogP contribution in [0.25, 0.3) is 0 Å². The third-order valence-electron chi connectivity index (χ3n) is 2.81. The standard InChI is InChI=1S/C13H13ClN4OS/c1-7-3-4-8(10(14)5-7)13(19)17-12-9(11(15)20)6-16-18(12)2/h3-6H,1-2H3,(H2,15,20)(H,17,19). The van der Waals surface area contributed by atoms with Crippen molar-refractivity contribution in [2.75, 3.05) is 5.32 Å². The lowest BCUT2D eigenvalue weighted by molar-refractivity contribution is 0.102. The number of amides is 1. The molecular formula is C13H13ClN4OS. The minimum atomic E-state index is -0.337. The van der Waals surface area contributed by atoms with E-state index >= 15 is 0 Å². The van der Waals surface area contributed by atoms with E-state index in [1.165, 1.54) is 10.9 Å². The van der Waals surface area contributed by atoms with Gasteiger partial charge in [0.05, 0.1) is 22.3 Å². The smallest absolute Gasteiger partial charge is 0.258 e. The molecule has 0 saturated heterocycles. The molecule has 2 aromatic rings. The predicted molar refractivity (Wildman–Crippen MR) is 83.2 cm³/mol. The van der Waals surface area contributed by atoms with Crippen LogP contribution in [0.3, 0.4) is 0 Å². The van der Waals surface area contributed by atoms with E-state index in [0.717, 1.165) is 5.56 Å². The van der Waals surface area contributed by atoms with Gasteiger partial charge in [0.15, 0.2) is 0 Å². The minimum absolute atomic E-state index is 0.170. The number of carbonyl (C=O) groups excluding carboxylic acids is 1. The summed E-state index contributed by atoms with van der Waals surface area (Å²) in [5.74, 6) is 0.107. The van der Waals surface area contributed by atoms with Crippen molar-refractivity contribution in [3.05, 3.63) is 46.1 Å². The Hall–Kier alpha value is -1.92. The summed E-state index contributed by atoms with van der Waals surface area (Å²) in [4.78, 5) is 12.4. The highest BCUT2D eigenvalue weighted by Gasteiger charge is 2.16. The molecule has 3 N–H and O–H groups in total. The zero-order valence-corrected chi connectivity index (χ0v) is 12.5. The van der Waals surface area contributed by atoms with Crippen molar-refractivity contribution in [2.24, 2.45) is 12.8 Å². The Kier molecular flexibility index (Phi) is 4.06. The first-order chi connectivity index (χ1) is 9.40. The van der Waals surface area contributed by atoms with E-state index in [1.807, 2.05) is 13.0 Å². The summed E-state index contributed by atoms with van der Waals surface area (Å²) in [6.07, 6.45) is 1.51. The summed E-state index contributed by atoms with van der Waals surface area (Å²) in [5.41, 5.74) is 7.47. The Labute approximate surface area is 126 Å². The molecule has 104 valence electrons. The van der Waals surface area contributed by atoms with Gasteiger partial charge in [0.2, 0.25) is 0 Å².